The summed E-state index contributed by atoms with van der Waals surface area (Å²) in [6, 6.07) is -1.06. The number of ether oxygens (including phenoxy) is 1. The van der Waals surface area contributed by atoms with Gasteiger partial charge in [0, 0.05) is 6.42 Å². The van der Waals surface area contributed by atoms with Gasteiger partial charge in [0.2, 0.25) is 0 Å². The van der Waals surface area contributed by atoms with Crippen LogP contribution in [0.15, 0.2) is 0 Å². The smallest absolute Gasteiger partial charge is 0.320 e. The number of rotatable bonds is 16. The van der Waals surface area contributed by atoms with E-state index in [9.17, 15) is 14.7 Å². The number of carbonyl (C=O) groups is 2. The van der Waals surface area contributed by atoms with Gasteiger partial charge in [0.05, 0.1) is 6.10 Å². The van der Waals surface area contributed by atoms with Crippen LogP contribution in [0.3, 0.4) is 0 Å². The third-order valence-corrected chi connectivity index (χ3v) is 4.38. The molecule has 0 unspecified atom stereocenters. The zero-order chi connectivity index (χ0) is 19.1. The Labute approximate surface area is 152 Å². The average molecular weight is 360 g/mol. The van der Waals surface area contributed by atoms with E-state index < -0.39 is 30.2 Å². The van der Waals surface area contributed by atoms with Gasteiger partial charge >= 0.3 is 11.9 Å². The molecule has 0 bridgehead atoms. The first-order valence-electron chi connectivity index (χ1n) is 9.78. The highest BCUT2D eigenvalue weighted by Gasteiger charge is 2.23. The SMILES string of the molecule is CCCCCCC[C@H](O)[C@@H](CCCCC)OC(=O)CC[C@H](N)C(=O)O. The summed E-state index contributed by atoms with van der Waals surface area (Å²) in [5, 5.41) is 19.1. The van der Waals surface area contributed by atoms with Gasteiger partial charge in [-0.3, -0.25) is 9.59 Å². The number of carboxylic acid groups (broad SMARTS) is 1. The number of nitrogens with two attached hydrogens (primary N) is 1. The van der Waals surface area contributed by atoms with E-state index in [0.717, 1.165) is 38.5 Å². The van der Waals surface area contributed by atoms with Crippen LogP contribution in [-0.4, -0.2) is 40.4 Å². The molecule has 0 amide bonds. The number of carboxylic acids is 1. The summed E-state index contributed by atoms with van der Waals surface area (Å²) in [5.41, 5.74) is 5.40. The molecule has 6 heteroatoms. The minimum Gasteiger partial charge on any atom is -0.480 e. The molecule has 3 atom stereocenters. The minimum absolute atomic E-state index is 0.0407. The molecule has 0 aromatic heterocycles. The van der Waals surface area contributed by atoms with Crippen LogP contribution in [0.5, 0.6) is 0 Å². The molecule has 25 heavy (non-hydrogen) atoms. The summed E-state index contributed by atoms with van der Waals surface area (Å²) in [7, 11) is 0. The van der Waals surface area contributed by atoms with Crippen molar-refractivity contribution in [2.45, 2.75) is 109 Å². The fraction of sp³-hybridized carbons (Fsp3) is 0.895. The van der Waals surface area contributed by atoms with E-state index in [2.05, 4.69) is 13.8 Å². The summed E-state index contributed by atoms with van der Waals surface area (Å²) in [6.07, 6.45) is 8.64. The molecule has 148 valence electrons. The van der Waals surface area contributed by atoms with E-state index >= 15 is 0 Å². The number of aliphatic carboxylic acids is 1. The normalized spacial score (nSPS) is 14.7. The maximum Gasteiger partial charge on any atom is 0.320 e. The molecule has 0 aliphatic carbocycles. The molecule has 4 N–H and O–H groups in total. The third-order valence-electron chi connectivity index (χ3n) is 4.38. The molecule has 0 saturated carbocycles. The largest absolute Gasteiger partial charge is 0.480 e. The highest BCUT2D eigenvalue weighted by molar-refractivity contribution is 5.75. The molecule has 0 heterocycles. The maximum atomic E-state index is 12.0. The van der Waals surface area contributed by atoms with Gasteiger partial charge in [0.15, 0.2) is 0 Å². The molecule has 0 saturated heterocycles. The second-order valence-corrected chi connectivity index (χ2v) is 6.78. The summed E-state index contributed by atoms with van der Waals surface area (Å²) in [6.45, 7) is 4.26. The number of esters is 1. The van der Waals surface area contributed by atoms with Crippen molar-refractivity contribution in [2.24, 2.45) is 5.73 Å². The van der Waals surface area contributed by atoms with Crippen molar-refractivity contribution in [1.82, 2.24) is 0 Å². The van der Waals surface area contributed by atoms with Crippen molar-refractivity contribution >= 4 is 11.9 Å². The fourth-order valence-electron chi connectivity index (χ4n) is 2.69. The Morgan fingerprint density at radius 2 is 1.48 bits per heavy atom. The highest BCUT2D eigenvalue weighted by atomic mass is 16.6. The van der Waals surface area contributed by atoms with Gasteiger partial charge in [-0.15, -0.1) is 0 Å². The van der Waals surface area contributed by atoms with Gasteiger partial charge in [0.25, 0.3) is 0 Å². The van der Waals surface area contributed by atoms with Crippen LogP contribution < -0.4 is 5.73 Å². The Hall–Kier alpha value is -1.14. The van der Waals surface area contributed by atoms with E-state index in [1.54, 1.807) is 0 Å². The predicted molar refractivity (Wildman–Crippen MR) is 98.3 cm³/mol. The van der Waals surface area contributed by atoms with E-state index in [4.69, 9.17) is 15.6 Å². The molecule has 0 radical (unpaired) electrons. The van der Waals surface area contributed by atoms with Crippen LogP contribution >= 0.6 is 0 Å². The summed E-state index contributed by atoms with van der Waals surface area (Å²) >= 11 is 0. The lowest BCUT2D eigenvalue weighted by Crippen LogP contribution is -2.33. The van der Waals surface area contributed by atoms with E-state index in [1.165, 1.54) is 12.8 Å². The van der Waals surface area contributed by atoms with Gasteiger partial charge in [-0.2, -0.15) is 0 Å². The number of hydrogen-bond donors (Lipinski definition) is 3. The first-order chi connectivity index (χ1) is 11.9. The van der Waals surface area contributed by atoms with Gasteiger partial charge in [-0.05, 0) is 25.7 Å². The van der Waals surface area contributed by atoms with Crippen molar-refractivity contribution in [3.05, 3.63) is 0 Å². The van der Waals surface area contributed by atoms with Crippen molar-refractivity contribution < 1.29 is 24.5 Å². The van der Waals surface area contributed by atoms with Crippen molar-refractivity contribution in [1.29, 1.82) is 0 Å². The lowest BCUT2D eigenvalue weighted by atomic mass is 10.00. The second-order valence-electron chi connectivity index (χ2n) is 6.78. The van der Waals surface area contributed by atoms with Crippen LogP contribution in [0.4, 0.5) is 0 Å². The fourth-order valence-corrected chi connectivity index (χ4v) is 2.69. The van der Waals surface area contributed by atoms with Gasteiger partial charge < -0.3 is 20.7 Å². The van der Waals surface area contributed by atoms with Crippen LogP contribution in [0, 0.1) is 0 Å². The molecule has 0 rings (SSSR count). The number of unbranched alkanes of at least 4 members (excludes halogenated alkanes) is 6. The number of hydrogen-bond acceptors (Lipinski definition) is 5. The third kappa shape index (κ3) is 12.8. The molecule has 0 aromatic rings. The zero-order valence-corrected chi connectivity index (χ0v) is 15.9. The lowest BCUT2D eigenvalue weighted by molar-refractivity contribution is -0.156. The van der Waals surface area contributed by atoms with Gasteiger partial charge in [-0.1, -0.05) is 58.8 Å². The summed E-state index contributed by atoms with van der Waals surface area (Å²) < 4.78 is 5.43. The molecular formula is C19H37NO5. The minimum atomic E-state index is -1.13. The zero-order valence-electron chi connectivity index (χ0n) is 15.9. The molecule has 0 spiro atoms. The van der Waals surface area contributed by atoms with Crippen molar-refractivity contribution in [2.75, 3.05) is 0 Å². The standard InChI is InChI=1S/C19H37NO5/c1-3-5-7-8-10-11-16(21)17(12-9-6-4-2)25-18(22)14-13-15(20)19(23)24/h15-17,21H,3-14,20H2,1-2H3,(H,23,24)/t15-,16-,17+/m0/s1. The molecule has 6 nitrogen and oxygen atoms in total. The maximum absolute atomic E-state index is 12.0. The number of aliphatic hydroxyl groups is 1. The average Bonchev–Trinajstić information content (AvgIpc) is 2.58. The second kappa shape index (κ2) is 15.1. The Kier molecular flexibility index (Phi) is 14.5. The van der Waals surface area contributed by atoms with E-state index in [1.807, 2.05) is 0 Å². The topological polar surface area (TPSA) is 110 Å². The van der Waals surface area contributed by atoms with Crippen molar-refractivity contribution in [3.8, 4) is 0 Å². The first kappa shape index (κ1) is 23.9. The molecular weight excluding hydrogens is 322 g/mol. The first-order valence-corrected chi connectivity index (χ1v) is 9.78. The summed E-state index contributed by atoms with van der Waals surface area (Å²) in [4.78, 5) is 22.6. The number of carbonyl (C=O) groups excluding carboxylic acids is 1. The monoisotopic (exact) mass is 359 g/mol. The highest BCUT2D eigenvalue weighted by Crippen LogP contribution is 2.17. The van der Waals surface area contributed by atoms with Crippen molar-refractivity contribution in [3.63, 3.8) is 0 Å². The van der Waals surface area contributed by atoms with Crippen LogP contribution in [0.2, 0.25) is 0 Å². The molecule has 0 aliphatic heterocycles. The van der Waals surface area contributed by atoms with Gasteiger partial charge in [-0.25, -0.2) is 0 Å². The Morgan fingerprint density at radius 3 is 2.08 bits per heavy atom. The predicted octanol–water partition coefficient (Wildman–Crippen LogP) is 3.39. The van der Waals surface area contributed by atoms with Crippen LogP contribution in [-0.2, 0) is 14.3 Å². The summed E-state index contributed by atoms with van der Waals surface area (Å²) in [5.74, 6) is -1.61. The number of aliphatic hydroxyl groups excluding tert-OH is 1. The van der Waals surface area contributed by atoms with Gasteiger partial charge in [0.1, 0.15) is 12.1 Å². The van der Waals surface area contributed by atoms with E-state index in [0.29, 0.717) is 12.8 Å². The Bertz CT molecular complexity index is 362. The molecule has 0 aliphatic rings. The molecule has 0 aromatic carbocycles. The lowest BCUT2D eigenvalue weighted by Gasteiger charge is -2.23. The Morgan fingerprint density at radius 1 is 0.920 bits per heavy atom. The van der Waals surface area contributed by atoms with E-state index in [-0.39, 0.29) is 12.8 Å². The van der Waals surface area contributed by atoms with Crippen LogP contribution in [0.25, 0.3) is 0 Å². The quantitative estimate of drug-likeness (QED) is 0.288. The Balaban J connectivity index is 4.33. The molecule has 0 fully saturated rings. The van der Waals surface area contributed by atoms with Crippen LogP contribution in [0.1, 0.15) is 90.9 Å².